The third-order valence-corrected chi connectivity index (χ3v) is 4.53. The van der Waals surface area contributed by atoms with Gasteiger partial charge in [-0.15, -0.1) is 10.2 Å². The molecule has 0 fully saturated rings. The van der Waals surface area contributed by atoms with E-state index in [2.05, 4.69) is 26.1 Å². The number of rotatable bonds is 6. The van der Waals surface area contributed by atoms with Gasteiger partial charge in [-0.2, -0.15) is 0 Å². The van der Waals surface area contributed by atoms with Crippen molar-refractivity contribution in [1.29, 1.82) is 0 Å². The van der Waals surface area contributed by atoms with Gasteiger partial charge in [-0.3, -0.25) is 4.79 Å². The maximum Gasteiger partial charge on any atom is 0.313 e. The smallest absolute Gasteiger partial charge is 0.313 e. The molecule has 0 bridgehead atoms. The molecule has 0 spiro atoms. The maximum absolute atomic E-state index is 10.7. The number of carbonyl (C=O) groups is 1. The summed E-state index contributed by atoms with van der Waals surface area (Å²) in [6, 6.07) is 3.57. The molecular formula is C13H14BrN3O4S. The van der Waals surface area contributed by atoms with Gasteiger partial charge >= 0.3 is 5.97 Å². The Balaban J connectivity index is 2.42. The molecule has 1 N–H and O–H groups in total. The molecule has 0 atom stereocenters. The standard InChI is InChI=1S/C13H14BrN3O4S/c1-17-12(15-16-13(17)22-6-11(18)19)7-4-9(20-2)10(21-3)5-8(7)14/h4-5H,6H2,1-3H3,(H,18,19). The average molecular weight is 388 g/mol. The number of thioether (sulfide) groups is 1. The van der Waals surface area contributed by atoms with Crippen LogP contribution in [0.1, 0.15) is 0 Å². The number of benzene rings is 1. The number of carboxylic acids is 1. The van der Waals surface area contributed by atoms with Crippen molar-refractivity contribution < 1.29 is 19.4 Å². The van der Waals surface area contributed by atoms with Crippen molar-refractivity contribution in [2.24, 2.45) is 7.05 Å². The first-order chi connectivity index (χ1) is 10.5. The van der Waals surface area contributed by atoms with E-state index in [1.807, 2.05) is 0 Å². The molecule has 118 valence electrons. The first-order valence-electron chi connectivity index (χ1n) is 6.13. The van der Waals surface area contributed by atoms with E-state index < -0.39 is 5.97 Å². The Kier molecular flexibility index (Phi) is 5.30. The van der Waals surface area contributed by atoms with E-state index in [0.29, 0.717) is 22.5 Å². The molecule has 2 rings (SSSR count). The zero-order chi connectivity index (χ0) is 16.3. The predicted molar refractivity (Wildman–Crippen MR) is 85.6 cm³/mol. The number of nitrogens with zero attached hydrogens (tertiary/aromatic N) is 3. The first kappa shape index (κ1) is 16.6. The van der Waals surface area contributed by atoms with Crippen LogP contribution in [-0.4, -0.2) is 45.8 Å². The number of aromatic nitrogens is 3. The Labute approximate surface area is 139 Å². The van der Waals surface area contributed by atoms with Gasteiger partial charge in [0, 0.05) is 17.1 Å². The highest BCUT2D eigenvalue weighted by Crippen LogP contribution is 2.38. The van der Waals surface area contributed by atoms with Crippen LogP contribution in [0.3, 0.4) is 0 Å². The molecule has 1 aromatic carbocycles. The van der Waals surface area contributed by atoms with E-state index in [4.69, 9.17) is 14.6 Å². The first-order valence-corrected chi connectivity index (χ1v) is 7.91. The Hall–Kier alpha value is -1.74. The number of carboxylic acid groups (broad SMARTS) is 1. The van der Waals surface area contributed by atoms with Gasteiger partial charge in [-0.25, -0.2) is 0 Å². The number of methoxy groups -OCH3 is 2. The fraction of sp³-hybridized carbons (Fsp3) is 0.308. The summed E-state index contributed by atoms with van der Waals surface area (Å²) in [4.78, 5) is 10.7. The van der Waals surface area contributed by atoms with Crippen molar-refractivity contribution in [1.82, 2.24) is 14.8 Å². The summed E-state index contributed by atoms with van der Waals surface area (Å²) >= 11 is 4.59. The van der Waals surface area contributed by atoms with Crippen molar-refractivity contribution in [2.45, 2.75) is 5.16 Å². The molecule has 7 nitrogen and oxygen atoms in total. The summed E-state index contributed by atoms with van der Waals surface area (Å²) in [6.45, 7) is 0. The van der Waals surface area contributed by atoms with E-state index in [9.17, 15) is 4.79 Å². The van der Waals surface area contributed by atoms with Gasteiger partial charge in [-0.05, 0) is 28.1 Å². The number of ether oxygens (including phenoxy) is 2. The minimum absolute atomic E-state index is 0.0704. The van der Waals surface area contributed by atoms with E-state index in [-0.39, 0.29) is 5.75 Å². The van der Waals surface area contributed by atoms with Crippen molar-refractivity contribution in [3.8, 4) is 22.9 Å². The summed E-state index contributed by atoms with van der Waals surface area (Å²) in [5.41, 5.74) is 0.773. The highest BCUT2D eigenvalue weighted by Gasteiger charge is 2.17. The van der Waals surface area contributed by atoms with Gasteiger partial charge in [0.2, 0.25) is 0 Å². The van der Waals surface area contributed by atoms with Crippen LogP contribution in [0.4, 0.5) is 0 Å². The maximum atomic E-state index is 10.7. The topological polar surface area (TPSA) is 86.5 Å². The number of hydrogen-bond acceptors (Lipinski definition) is 6. The van der Waals surface area contributed by atoms with E-state index in [0.717, 1.165) is 21.8 Å². The zero-order valence-electron chi connectivity index (χ0n) is 12.2. The third kappa shape index (κ3) is 3.36. The molecule has 0 saturated carbocycles. The van der Waals surface area contributed by atoms with Crippen LogP contribution in [0.5, 0.6) is 11.5 Å². The molecule has 1 aromatic heterocycles. The lowest BCUT2D eigenvalue weighted by Crippen LogP contribution is -2.01. The lowest BCUT2D eigenvalue weighted by atomic mass is 10.2. The normalized spacial score (nSPS) is 10.5. The number of halogens is 1. The Morgan fingerprint density at radius 3 is 2.55 bits per heavy atom. The summed E-state index contributed by atoms with van der Waals surface area (Å²) in [5, 5.41) is 17.4. The number of aliphatic carboxylic acids is 1. The summed E-state index contributed by atoms with van der Waals surface area (Å²) < 4.78 is 13.0. The highest BCUT2D eigenvalue weighted by molar-refractivity contribution is 9.10. The van der Waals surface area contributed by atoms with Crippen LogP contribution >= 0.6 is 27.7 Å². The molecule has 0 aliphatic rings. The SMILES string of the molecule is COc1cc(Br)c(-c2nnc(SCC(=O)O)n2C)cc1OC. The number of hydrogen-bond donors (Lipinski definition) is 1. The molecule has 0 unspecified atom stereocenters. The second kappa shape index (κ2) is 7.01. The van der Waals surface area contributed by atoms with Crippen molar-refractivity contribution in [3.63, 3.8) is 0 Å². The molecule has 0 radical (unpaired) electrons. The molecule has 22 heavy (non-hydrogen) atoms. The molecule has 0 saturated heterocycles. The summed E-state index contributed by atoms with van der Waals surface area (Å²) in [6.07, 6.45) is 0. The van der Waals surface area contributed by atoms with Crippen LogP contribution in [0, 0.1) is 0 Å². The van der Waals surface area contributed by atoms with Crippen molar-refractivity contribution in [3.05, 3.63) is 16.6 Å². The molecule has 2 aromatic rings. The van der Waals surface area contributed by atoms with Crippen molar-refractivity contribution in [2.75, 3.05) is 20.0 Å². The Morgan fingerprint density at radius 1 is 1.32 bits per heavy atom. The molecule has 0 aliphatic heterocycles. The summed E-state index contributed by atoms with van der Waals surface area (Å²) in [5.74, 6) is 0.797. The van der Waals surface area contributed by atoms with Gasteiger partial charge in [0.05, 0.1) is 20.0 Å². The molecular weight excluding hydrogens is 374 g/mol. The Bertz CT molecular complexity index is 705. The minimum atomic E-state index is -0.901. The molecule has 0 amide bonds. The van der Waals surface area contributed by atoms with Crippen molar-refractivity contribution >= 4 is 33.7 Å². The lowest BCUT2D eigenvalue weighted by molar-refractivity contribution is -0.133. The monoisotopic (exact) mass is 387 g/mol. The van der Waals surface area contributed by atoms with Gasteiger partial charge in [0.15, 0.2) is 22.5 Å². The van der Waals surface area contributed by atoms with E-state index in [1.54, 1.807) is 38.0 Å². The molecule has 1 heterocycles. The highest BCUT2D eigenvalue weighted by atomic mass is 79.9. The van der Waals surface area contributed by atoms with Crippen LogP contribution < -0.4 is 9.47 Å². The Morgan fingerprint density at radius 2 is 1.95 bits per heavy atom. The van der Waals surface area contributed by atoms with Crippen LogP contribution in [0.15, 0.2) is 21.8 Å². The van der Waals surface area contributed by atoms with E-state index in [1.165, 1.54) is 0 Å². The predicted octanol–water partition coefficient (Wildman–Crippen LogP) is 2.44. The second-order valence-electron chi connectivity index (χ2n) is 4.23. The van der Waals surface area contributed by atoms with Gasteiger partial charge in [0.1, 0.15) is 0 Å². The molecule has 9 heteroatoms. The van der Waals surface area contributed by atoms with Gasteiger partial charge < -0.3 is 19.1 Å². The zero-order valence-corrected chi connectivity index (χ0v) is 14.6. The summed E-state index contributed by atoms with van der Waals surface area (Å²) in [7, 11) is 4.90. The van der Waals surface area contributed by atoms with Gasteiger partial charge in [0.25, 0.3) is 0 Å². The quantitative estimate of drug-likeness (QED) is 0.761. The van der Waals surface area contributed by atoms with E-state index >= 15 is 0 Å². The van der Waals surface area contributed by atoms with Gasteiger partial charge in [-0.1, -0.05) is 11.8 Å². The van der Waals surface area contributed by atoms with Crippen LogP contribution in [-0.2, 0) is 11.8 Å². The fourth-order valence-corrected chi connectivity index (χ4v) is 2.96. The lowest BCUT2D eigenvalue weighted by Gasteiger charge is -2.11. The minimum Gasteiger partial charge on any atom is -0.493 e. The molecule has 0 aliphatic carbocycles. The average Bonchev–Trinajstić information content (AvgIpc) is 2.85. The fourth-order valence-electron chi connectivity index (χ4n) is 1.83. The largest absolute Gasteiger partial charge is 0.493 e. The third-order valence-electron chi connectivity index (χ3n) is 2.87. The van der Waals surface area contributed by atoms with Crippen LogP contribution in [0.2, 0.25) is 0 Å². The second-order valence-corrected chi connectivity index (χ2v) is 6.03. The van der Waals surface area contributed by atoms with Crippen LogP contribution in [0.25, 0.3) is 11.4 Å².